The molecule has 0 aliphatic carbocycles. The van der Waals surface area contributed by atoms with Crippen LogP contribution in [0.5, 0.6) is 0 Å². The number of ether oxygens (including phenoxy) is 7. The van der Waals surface area contributed by atoms with Crippen molar-refractivity contribution < 1.29 is 47.9 Å². The third-order valence-electron chi connectivity index (χ3n) is 10.9. The lowest BCUT2D eigenvalue weighted by Gasteiger charge is -2.48. The molecule has 2 heterocycles. The van der Waals surface area contributed by atoms with Crippen LogP contribution < -0.4 is 5.32 Å². The van der Waals surface area contributed by atoms with Gasteiger partial charge in [-0.1, -0.05) is 68.5 Å². The fourth-order valence-corrected chi connectivity index (χ4v) is 7.84. The van der Waals surface area contributed by atoms with Crippen LogP contribution >= 0.6 is 0 Å². The summed E-state index contributed by atoms with van der Waals surface area (Å²) in [6, 6.07) is 18.2. The maximum absolute atomic E-state index is 13.6. The summed E-state index contributed by atoms with van der Waals surface area (Å²) in [7, 11) is 5.53. The lowest BCUT2D eigenvalue weighted by Crippen LogP contribution is -2.59. The van der Waals surface area contributed by atoms with Crippen LogP contribution in [0.1, 0.15) is 83.7 Å². The zero-order valence-electron chi connectivity index (χ0n) is 35.6. The molecule has 12 nitrogen and oxygen atoms in total. The van der Waals surface area contributed by atoms with Crippen LogP contribution in [0.2, 0.25) is 0 Å². The maximum Gasteiger partial charge on any atom is 0.340 e. The van der Waals surface area contributed by atoms with Crippen molar-refractivity contribution >= 4 is 11.9 Å². The van der Waals surface area contributed by atoms with Crippen molar-refractivity contribution in [1.29, 1.82) is 0 Å². The Morgan fingerprint density at radius 1 is 1.11 bits per heavy atom. The number of cyclic esters (lactones) is 1. The summed E-state index contributed by atoms with van der Waals surface area (Å²) in [4.78, 5) is 28.8. The molecule has 0 radical (unpaired) electrons. The molecule has 2 aromatic carbocycles. The van der Waals surface area contributed by atoms with Crippen molar-refractivity contribution in [3.63, 3.8) is 0 Å². The molecule has 57 heavy (non-hydrogen) atoms. The Morgan fingerprint density at radius 3 is 2.35 bits per heavy atom. The fraction of sp³-hybridized carbons (Fsp3) is 0.600. The van der Waals surface area contributed by atoms with Crippen molar-refractivity contribution in [2.45, 2.75) is 129 Å². The Hall–Kier alpha value is -3.62. The summed E-state index contributed by atoms with van der Waals surface area (Å²) in [5.74, 6) is -2.33. The Morgan fingerprint density at radius 2 is 1.75 bits per heavy atom. The molecule has 0 saturated carbocycles. The molecule has 0 unspecified atom stereocenters. The van der Waals surface area contributed by atoms with Crippen LogP contribution in [0.25, 0.3) is 0 Å². The highest BCUT2D eigenvalue weighted by Crippen LogP contribution is 2.41. The van der Waals surface area contributed by atoms with E-state index in [4.69, 9.17) is 33.2 Å². The topological polar surface area (TPSA) is 134 Å². The molecule has 2 aliphatic rings. The maximum atomic E-state index is 13.6. The Kier molecular flexibility index (Phi) is 16.9. The standard InChI is InChI=1S/C45H66N2O10/c1-12-19-37(52-28-33-20-15-13-16-21-33)35(27-48)46-26-29(2)25-45(8,51-11)40(31(4)38-32(5)41(49)57-44(6,7)56-38)55-43-39(36(47(9)10)24-30(3)53-43)54-42(50)34-22-17-14-18-23-34/h12-18,20-23,29-31,35-37,39-40,43,46,48H,1,19,24-28H2,2-11H3/t29-,30-,31+,35+,36+,37-,39-,40-,43+,45-/m1/s1. The molecule has 0 amide bonds. The van der Waals surface area contributed by atoms with Crippen molar-refractivity contribution in [3.8, 4) is 0 Å². The largest absolute Gasteiger partial charge is 0.456 e. The van der Waals surface area contributed by atoms with Gasteiger partial charge in [0.2, 0.25) is 5.79 Å². The SMILES string of the molecule is C=CC[C@@H](OCc1ccccc1)[C@H](CO)NC[C@H](C)C[C@@](C)(OC)[C@H](O[C@@H]1O[C@H](C)C[C@H](N(C)C)[C@H]1OC(=O)c1ccccc1)[C@@H](C)C1=C(C)C(=O)OC(C)(C)O1. The molecule has 10 atom stereocenters. The second kappa shape index (κ2) is 20.9. The first-order chi connectivity index (χ1) is 27.0. The minimum absolute atomic E-state index is 0.0167. The highest BCUT2D eigenvalue weighted by Gasteiger charge is 2.50. The van der Waals surface area contributed by atoms with E-state index < -0.39 is 47.7 Å². The number of aliphatic hydroxyl groups excluding tert-OH is 1. The normalized spacial score (nSPS) is 24.7. The summed E-state index contributed by atoms with van der Waals surface area (Å²) >= 11 is 0. The Labute approximate surface area is 339 Å². The van der Waals surface area contributed by atoms with Gasteiger partial charge in [0.1, 0.15) is 5.76 Å². The van der Waals surface area contributed by atoms with E-state index in [1.807, 2.05) is 76.2 Å². The predicted octanol–water partition coefficient (Wildman–Crippen LogP) is 6.43. The first kappa shape index (κ1) is 46.1. The number of methoxy groups -OCH3 is 1. The van der Waals surface area contributed by atoms with Gasteiger partial charge in [0.25, 0.3) is 0 Å². The zero-order valence-corrected chi connectivity index (χ0v) is 35.6. The summed E-state index contributed by atoms with van der Waals surface area (Å²) in [6.07, 6.45) is 0.292. The third kappa shape index (κ3) is 12.4. The molecule has 1 saturated heterocycles. The highest BCUT2D eigenvalue weighted by molar-refractivity contribution is 5.89. The fourth-order valence-electron chi connectivity index (χ4n) is 7.84. The first-order valence-electron chi connectivity index (χ1n) is 20.0. The number of nitrogens with zero attached hydrogens (tertiary/aromatic N) is 1. The van der Waals surface area contributed by atoms with Crippen molar-refractivity contribution in [2.24, 2.45) is 11.8 Å². The van der Waals surface area contributed by atoms with E-state index in [0.717, 1.165) is 5.56 Å². The molecule has 0 aromatic heterocycles. The Bertz CT molecular complexity index is 1620. The minimum Gasteiger partial charge on any atom is -0.456 e. The van der Waals surface area contributed by atoms with Gasteiger partial charge in [-0.25, -0.2) is 9.59 Å². The lowest BCUT2D eigenvalue weighted by atomic mass is 9.80. The smallest absolute Gasteiger partial charge is 0.340 e. The second-order valence-corrected chi connectivity index (χ2v) is 16.4. The number of esters is 2. The average Bonchev–Trinajstić information content (AvgIpc) is 3.18. The number of likely N-dealkylation sites (N-methyl/N-ethyl adjacent to an activating group) is 1. The summed E-state index contributed by atoms with van der Waals surface area (Å²) in [5.41, 5.74) is 0.781. The number of hydrogen-bond donors (Lipinski definition) is 2. The van der Waals surface area contributed by atoms with E-state index in [-0.39, 0.29) is 36.8 Å². The Balaban J connectivity index is 1.65. The molecule has 316 valence electrons. The number of carbonyl (C=O) groups excluding carboxylic acids is 2. The molecule has 0 bridgehead atoms. The van der Waals surface area contributed by atoms with Crippen molar-refractivity contribution in [2.75, 3.05) is 34.4 Å². The van der Waals surface area contributed by atoms with Gasteiger partial charge in [-0.15, -0.1) is 6.58 Å². The van der Waals surface area contributed by atoms with Gasteiger partial charge in [-0.2, -0.15) is 0 Å². The number of aliphatic hydroxyl groups is 1. The van der Waals surface area contributed by atoms with Crippen LogP contribution in [0, 0.1) is 11.8 Å². The summed E-state index contributed by atoms with van der Waals surface area (Å²) in [5, 5.41) is 14.0. The van der Waals surface area contributed by atoms with Gasteiger partial charge in [0, 0.05) is 26.9 Å². The predicted molar refractivity (Wildman–Crippen MR) is 218 cm³/mol. The molecule has 2 aromatic rings. The van der Waals surface area contributed by atoms with Gasteiger partial charge >= 0.3 is 11.9 Å². The molecule has 2 aliphatic heterocycles. The molecule has 4 rings (SSSR count). The van der Waals surface area contributed by atoms with Crippen LogP contribution in [-0.2, 0) is 44.6 Å². The quantitative estimate of drug-likeness (QED) is 0.107. The van der Waals surface area contributed by atoms with Crippen molar-refractivity contribution in [3.05, 3.63) is 95.8 Å². The van der Waals surface area contributed by atoms with E-state index in [2.05, 4.69) is 18.8 Å². The van der Waals surface area contributed by atoms with Crippen LogP contribution in [0.3, 0.4) is 0 Å². The molecular weight excluding hydrogens is 728 g/mol. The van der Waals surface area contributed by atoms with Crippen molar-refractivity contribution in [1.82, 2.24) is 10.2 Å². The van der Waals surface area contributed by atoms with Crippen LogP contribution in [-0.4, -0.2) is 110 Å². The lowest BCUT2D eigenvalue weighted by molar-refractivity contribution is -0.298. The van der Waals surface area contributed by atoms with Gasteiger partial charge in [0.15, 0.2) is 12.4 Å². The van der Waals surface area contributed by atoms with Gasteiger partial charge in [0.05, 0.1) is 60.3 Å². The molecular formula is C45H66N2O10. The minimum atomic E-state index is -1.21. The average molecular weight is 795 g/mol. The third-order valence-corrected chi connectivity index (χ3v) is 10.9. The van der Waals surface area contributed by atoms with Crippen LogP contribution in [0.15, 0.2) is 84.7 Å². The van der Waals surface area contributed by atoms with E-state index in [1.54, 1.807) is 58.2 Å². The summed E-state index contributed by atoms with van der Waals surface area (Å²) < 4.78 is 44.5. The number of nitrogens with one attached hydrogen (secondary N) is 1. The molecule has 1 fully saturated rings. The highest BCUT2D eigenvalue weighted by atomic mass is 16.7. The summed E-state index contributed by atoms with van der Waals surface area (Å²) in [6.45, 7) is 17.8. The second-order valence-electron chi connectivity index (χ2n) is 16.4. The van der Waals surface area contributed by atoms with E-state index in [9.17, 15) is 14.7 Å². The molecule has 12 heteroatoms. The molecule has 0 spiro atoms. The monoisotopic (exact) mass is 794 g/mol. The number of benzene rings is 2. The van der Waals surface area contributed by atoms with E-state index >= 15 is 0 Å². The first-order valence-corrected chi connectivity index (χ1v) is 20.0. The number of hydrogen-bond acceptors (Lipinski definition) is 12. The number of carbonyl (C=O) groups is 2. The van der Waals surface area contributed by atoms with Gasteiger partial charge in [-0.05, 0) is 84.3 Å². The van der Waals surface area contributed by atoms with Gasteiger partial charge < -0.3 is 48.5 Å². The zero-order chi connectivity index (χ0) is 41.9. The number of rotatable bonds is 21. The van der Waals surface area contributed by atoms with E-state index in [0.29, 0.717) is 49.3 Å². The van der Waals surface area contributed by atoms with Crippen LogP contribution in [0.4, 0.5) is 0 Å². The van der Waals surface area contributed by atoms with Gasteiger partial charge in [-0.3, -0.25) is 0 Å². The molecule has 2 N–H and O–H groups in total. The van der Waals surface area contributed by atoms with E-state index in [1.165, 1.54) is 0 Å².